The monoisotopic (exact) mass is 346 g/mol. The zero-order valence-electron chi connectivity index (χ0n) is 14.1. The average molecular weight is 347 g/mol. The van der Waals surface area contributed by atoms with E-state index in [1.54, 1.807) is 11.4 Å². The first-order valence-electron chi connectivity index (χ1n) is 7.53. The van der Waals surface area contributed by atoms with Crippen molar-refractivity contribution in [3.63, 3.8) is 0 Å². The second kappa shape index (κ2) is 7.30. The molecule has 1 N–H and O–H groups in total. The molecule has 1 aliphatic heterocycles. The van der Waals surface area contributed by atoms with Gasteiger partial charge in [0, 0.05) is 13.1 Å². The summed E-state index contributed by atoms with van der Waals surface area (Å²) in [4.78, 5) is 0.501. The molecule has 0 aromatic heterocycles. The van der Waals surface area contributed by atoms with Crippen LogP contribution in [-0.4, -0.2) is 38.9 Å². The average Bonchev–Trinajstić information content (AvgIpc) is 2.45. The van der Waals surface area contributed by atoms with E-state index < -0.39 is 10.0 Å². The van der Waals surface area contributed by atoms with Crippen molar-refractivity contribution in [2.24, 2.45) is 0 Å². The van der Waals surface area contributed by atoms with Crippen LogP contribution in [0, 0.1) is 27.7 Å². The molecular weight excluding hydrogens is 320 g/mol. The van der Waals surface area contributed by atoms with Crippen LogP contribution in [0.4, 0.5) is 0 Å². The maximum atomic E-state index is 13.1. The third-order valence-electron chi connectivity index (χ3n) is 4.76. The Labute approximate surface area is 140 Å². The maximum Gasteiger partial charge on any atom is 0.243 e. The number of hydrogen-bond acceptors (Lipinski definition) is 3. The molecule has 0 saturated carbocycles. The van der Waals surface area contributed by atoms with Gasteiger partial charge in [0.1, 0.15) is 0 Å². The molecule has 0 atom stereocenters. The van der Waals surface area contributed by atoms with Crippen LogP contribution in [0.2, 0.25) is 0 Å². The van der Waals surface area contributed by atoms with Gasteiger partial charge in [-0.05, 0) is 75.9 Å². The van der Waals surface area contributed by atoms with E-state index in [1.165, 1.54) is 0 Å². The normalized spacial score (nSPS) is 16.6. The van der Waals surface area contributed by atoms with Crippen LogP contribution in [0.1, 0.15) is 35.1 Å². The number of aryl methyl sites for hydroxylation is 2. The molecule has 126 valence electrons. The van der Waals surface area contributed by atoms with Crippen LogP contribution >= 0.6 is 12.4 Å². The lowest BCUT2D eigenvalue weighted by molar-refractivity contribution is 0.296. The Balaban J connectivity index is 0.00000242. The van der Waals surface area contributed by atoms with E-state index in [4.69, 9.17) is 0 Å². The Morgan fingerprint density at radius 1 is 1.05 bits per heavy atom. The highest BCUT2D eigenvalue weighted by atomic mass is 35.5. The molecule has 6 heteroatoms. The number of halogens is 1. The molecule has 1 saturated heterocycles. The molecule has 0 radical (unpaired) electrons. The zero-order valence-corrected chi connectivity index (χ0v) is 15.7. The van der Waals surface area contributed by atoms with Crippen molar-refractivity contribution in [2.45, 2.75) is 51.5 Å². The number of sulfonamides is 1. The molecule has 1 fully saturated rings. The molecule has 22 heavy (non-hydrogen) atoms. The number of rotatable bonds is 3. The van der Waals surface area contributed by atoms with Gasteiger partial charge in [-0.15, -0.1) is 12.4 Å². The highest BCUT2D eigenvalue weighted by Crippen LogP contribution is 2.30. The molecule has 0 amide bonds. The summed E-state index contributed by atoms with van der Waals surface area (Å²) in [6, 6.07) is 2.16. The third-order valence-corrected chi connectivity index (χ3v) is 6.94. The Hall–Kier alpha value is -0.620. The van der Waals surface area contributed by atoms with E-state index in [0.29, 0.717) is 4.90 Å². The summed E-state index contributed by atoms with van der Waals surface area (Å²) in [6.07, 6.45) is 1.75. The molecule has 1 aromatic carbocycles. The summed E-state index contributed by atoms with van der Waals surface area (Å²) in [5, 5.41) is 3.28. The van der Waals surface area contributed by atoms with Crippen molar-refractivity contribution in [3.05, 3.63) is 28.3 Å². The lowest BCUT2D eigenvalue weighted by atomic mass is 10.0. The topological polar surface area (TPSA) is 49.4 Å². The molecular formula is C16H27ClN2O2S. The molecule has 0 spiro atoms. The minimum atomic E-state index is -3.44. The summed E-state index contributed by atoms with van der Waals surface area (Å²) in [7, 11) is -1.72. The van der Waals surface area contributed by atoms with Crippen LogP contribution in [0.5, 0.6) is 0 Å². The fraction of sp³-hybridized carbons (Fsp3) is 0.625. The largest absolute Gasteiger partial charge is 0.317 e. The molecule has 2 rings (SSSR count). The van der Waals surface area contributed by atoms with Crippen molar-refractivity contribution < 1.29 is 8.42 Å². The van der Waals surface area contributed by atoms with Crippen molar-refractivity contribution >= 4 is 22.4 Å². The fourth-order valence-electron chi connectivity index (χ4n) is 3.08. The standard InChI is InChI=1S/C16H26N2O2S.ClH/c1-11-10-12(2)14(4)16(13(11)3)21(19,20)18(5)15-6-8-17-9-7-15;/h10,15,17H,6-9H2,1-5H3;1H. The minimum absolute atomic E-state index is 0. The van der Waals surface area contributed by atoms with Gasteiger partial charge in [0.15, 0.2) is 0 Å². The summed E-state index contributed by atoms with van der Waals surface area (Å²) >= 11 is 0. The number of nitrogens with one attached hydrogen (secondary N) is 1. The van der Waals surface area contributed by atoms with E-state index in [2.05, 4.69) is 11.4 Å². The van der Waals surface area contributed by atoms with Crippen molar-refractivity contribution in [3.8, 4) is 0 Å². The summed E-state index contributed by atoms with van der Waals surface area (Å²) in [5.74, 6) is 0. The second-order valence-corrected chi connectivity index (χ2v) is 8.03. The Bertz CT molecular complexity index is 612. The first-order chi connectivity index (χ1) is 9.76. The SMILES string of the molecule is Cc1cc(C)c(C)c(S(=O)(=O)N(C)C2CCNCC2)c1C.Cl. The van der Waals surface area contributed by atoms with Crippen LogP contribution < -0.4 is 5.32 Å². The number of hydrogen-bond donors (Lipinski definition) is 1. The fourth-order valence-corrected chi connectivity index (χ4v) is 5.07. The first-order valence-corrected chi connectivity index (χ1v) is 8.97. The molecule has 1 heterocycles. The predicted octanol–water partition coefficient (Wildman–Crippen LogP) is 2.71. The lowest BCUT2D eigenvalue weighted by Crippen LogP contribution is -2.44. The Morgan fingerprint density at radius 2 is 1.50 bits per heavy atom. The maximum absolute atomic E-state index is 13.1. The third kappa shape index (κ3) is 3.48. The Kier molecular flexibility index (Phi) is 6.45. The van der Waals surface area contributed by atoms with Gasteiger partial charge >= 0.3 is 0 Å². The summed E-state index contributed by atoms with van der Waals surface area (Å²) < 4.78 is 27.8. The van der Waals surface area contributed by atoms with Gasteiger partial charge in [-0.2, -0.15) is 4.31 Å². The van der Waals surface area contributed by atoms with Crippen LogP contribution in [0.25, 0.3) is 0 Å². The predicted molar refractivity (Wildman–Crippen MR) is 93.5 cm³/mol. The van der Waals surface area contributed by atoms with Crippen LogP contribution in [-0.2, 0) is 10.0 Å². The van der Waals surface area contributed by atoms with Gasteiger partial charge in [-0.25, -0.2) is 8.42 Å². The van der Waals surface area contributed by atoms with Crippen LogP contribution in [0.3, 0.4) is 0 Å². The minimum Gasteiger partial charge on any atom is -0.317 e. The molecule has 0 unspecified atom stereocenters. The van der Waals surface area contributed by atoms with Gasteiger partial charge in [-0.3, -0.25) is 0 Å². The van der Waals surface area contributed by atoms with E-state index >= 15 is 0 Å². The van der Waals surface area contributed by atoms with Crippen molar-refractivity contribution in [1.29, 1.82) is 0 Å². The molecule has 0 bridgehead atoms. The van der Waals surface area contributed by atoms with Gasteiger partial charge < -0.3 is 5.32 Å². The van der Waals surface area contributed by atoms with Crippen molar-refractivity contribution in [2.75, 3.05) is 20.1 Å². The van der Waals surface area contributed by atoms with E-state index in [-0.39, 0.29) is 18.4 Å². The number of piperidine rings is 1. The van der Waals surface area contributed by atoms with Gasteiger partial charge in [0.25, 0.3) is 0 Å². The molecule has 0 aliphatic carbocycles. The molecule has 1 aromatic rings. The molecule has 4 nitrogen and oxygen atoms in total. The van der Waals surface area contributed by atoms with E-state index in [0.717, 1.165) is 48.2 Å². The zero-order chi connectivity index (χ0) is 15.8. The summed E-state index contributed by atoms with van der Waals surface area (Å²) in [6.45, 7) is 9.54. The van der Waals surface area contributed by atoms with Crippen molar-refractivity contribution in [1.82, 2.24) is 9.62 Å². The van der Waals surface area contributed by atoms with E-state index in [9.17, 15) is 8.42 Å². The highest BCUT2D eigenvalue weighted by Gasteiger charge is 2.31. The smallest absolute Gasteiger partial charge is 0.243 e. The number of benzene rings is 1. The Morgan fingerprint density at radius 3 is 1.95 bits per heavy atom. The highest BCUT2D eigenvalue weighted by molar-refractivity contribution is 7.89. The lowest BCUT2D eigenvalue weighted by Gasteiger charge is -2.32. The molecule has 1 aliphatic rings. The van der Waals surface area contributed by atoms with Crippen LogP contribution in [0.15, 0.2) is 11.0 Å². The van der Waals surface area contributed by atoms with Gasteiger partial charge in [0.05, 0.1) is 4.90 Å². The van der Waals surface area contributed by atoms with E-state index in [1.807, 2.05) is 27.7 Å². The van der Waals surface area contributed by atoms with Gasteiger partial charge in [-0.1, -0.05) is 6.07 Å². The van der Waals surface area contributed by atoms with Gasteiger partial charge in [0.2, 0.25) is 10.0 Å². The second-order valence-electron chi connectivity index (χ2n) is 6.09. The number of nitrogens with zero attached hydrogens (tertiary/aromatic N) is 1. The summed E-state index contributed by atoms with van der Waals surface area (Å²) in [5.41, 5.74) is 3.82. The quantitative estimate of drug-likeness (QED) is 0.915. The first kappa shape index (κ1) is 19.4.